The van der Waals surface area contributed by atoms with Crippen LogP contribution in [0.1, 0.15) is 23.6 Å². The van der Waals surface area contributed by atoms with Crippen LogP contribution in [0.4, 0.5) is 5.69 Å². The number of nitrogens with one attached hydrogen (secondary N) is 2. The molecule has 1 unspecified atom stereocenters. The molecular weight excluding hydrogens is 321 g/mol. The first kappa shape index (κ1) is 21.2. The lowest BCUT2D eigenvalue weighted by Gasteiger charge is -2.32. The molecule has 1 saturated heterocycles. The Balaban J connectivity index is 0.00000220. The molecule has 0 spiro atoms. The van der Waals surface area contributed by atoms with Gasteiger partial charge in [0.1, 0.15) is 0 Å². The maximum absolute atomic E-state index is 12.4. The maximum Gasteiger partial charge on any atom is 0.241 e. The number of carbonyl (C=O) groups excluding carboxylic acids is 1. The zero-order valence-electron chi connectivity index (χ0n) is 13.7. The number of anilines is 1. The molecule has 1 aliphatic heterocycles. The van der Waals surface area contributed by atoms with Gasteiger partial charge in [0, 0.05) is 31.9 Å². The average Bonchev–Trinajstić information content (AvgIpc) is 2.42. The van der Waals surface area contributed by atoms with E-state index < -0.39 is 0 Å². The first-order chi connectivity index (χ1) is 9.49. The van der Waals surface area contributed by atoms with Crippen molar-refractivity contribution in [1.29, 1.82) is 0 Å². The summed E-state index contributed by atoms with van der Waals surface area (Å²) in [6, 6.07) is 4.13. The molecule has 2 rings (SSSR count). The summed E-state index contributed by atoms with van der Waals surface area (Å²) in [6.45, 7) is 11.9. The molecule has 1 heterocycles. The van der Waals surface area contributed by atoms with Gasteiger partial charge in [0.25, 0.3) is 0 Å². The monoisotopic (exact) mass is 347 g/mol. The molecule has 0 radical (unpaired) electrons. The Morgan fingerprint density at radius 1 is 1.14 bits per heavy atom. The standard InChI is InChI=1S/C16H25N3O.2ClH/c1-11-9-12(2)15(13(3)10-11)18-16(20)14(4)19-7-5-17-6-8-19;;/h9-10,14,17H,5-8H2,1-4H3,(H,18,20);2*1H. The largest absolute Gasteiger partial charge is 0.324 e. The Labute approximate surface area is 145 Å². The molecule has 1 atom stereocenters. The minimum absolute atomic E-state index is 0. The summed E-state index contributed by atoms with van der Waals surface area (Å²) in [5, 5.41) is 6.41. The Morgan fingerprint density at radius 3 is 2.14 bits per heavy atom. The van der Waals surface area contributed by atoms with Crippen molar-refractivity contribution in [3.05, 3.63) is 28.8 Å². The summed E-state index contributed by atoms with van der Waals surface area (Å²) in [6.07, 6.45) is 0. The molecule has 0 aliphatic carbocycles. The number of piperazine rings is 1. The number of aryl methyl sites for hydroxylation is 3. The molecule has 1 aliphatic rings. The van der Waals surface area contributed by atoms with E-state index in [4.69, 9.17) is 0 Å². The summed E-state index contributed by atoms with van der Waals surface area (Å²) < 4.78 is 0. The van der Waals surface area contributed by atoms with Gasteiger partial charge in [0.2, 0.25) is 5.91 Å². The Bertz CT molecular complexity index is 479. The van der Waals surface area contributed by atoms with Crippen LogP contribution in [0.5, 0.6) is 0 Å². The molecule has 22 heavy (non-hydrogen) atoms. The third-order valence-electron chi connectivity index (χ3n) is 4.00. The van der Waals surface area contributed by atoms with Crippen LogP contribution in [0.25, 0.3) is 0 Å². The highest BCUT2D eigenvalue weighted by Crippen LogP contribution is 2.22. The molecule has 4 nitrogen and oxygen atoms in total. The van der Waals surface area contributed by atoms with Crippen LogP contribution in [0.3, 0.4) is 0 Å². The molecule has 6 heteroatoms. The van der Waals surface area contributed by atoms with E-state index in [0.717, 1.165) is 43.0 Å². The van der Waals surface area contributed by atoms with Crippen LogP contribution in [0, 0.1) is 20.8 Å². The maximum atomic E-state index is 12.4. The lowest BCUT2D eigenvalue weighted by molar-refractivity contribution is -0.121. The fraction of sp³-hybridized carbons (Fsp3) is 0.562. The number of rotatable bonds is 3. The predicted octanol–water partition coefficient (Wildman–Crippen LogP) is 2.69. The van der Waals surface area contributed by atoms with E-state index in [2.05, 4.69) is 34.6 Å². The van der Waals surface area contributed by atoms with Crippen molar-refractivity contribution in [1.82, 2.24) is 10.2 Å². The lowest BCUT2D eigenvalue weighted by atomic mass is 10.0. The molecule has 1 amide bonds. The molecule has 0 aromatic heterocycles. The van der Waals surface area contributed by atoms with Gasteiger partial charge in [0.15, 0.2) is 0 Å². The minimum Gasteiger partial charge on any atom is -0.324 e. The van der Waals surface area contributed by atoms with E-state index in [1.807, 2.05) is 20.8 Å². The van der Waals surface area contributed by atoms with E-state index >= 15 is 0 Å². The molecule has 2 N–H and O–H groups in total. The van der Waals surface area contributed by atoms with Crippen molar-refractivity contribution in [2.24, 2.45) is 0 Å². The minimum atomic E-state index is -0.0859. The van der Waals surface area contributed by atoms with E-state index in [9.17, 15) is 4.79 Å². The van der Waals surface area contributed by atoms with Crippen molar-refractivity contribution in [2.45, 2.75) is 33.7 Å². The molecule has 0 bridgehead atoms. The van der Waals surface area contributed by atoms with E-state index in [-0.39, 0.29) is 36.8 Å². The average molecular weight is 348 g/mol. The van der Waals surface area contributed by atoms with Crippen LogP contribution < -0.4 is 10.6 Å². The summed E-state index contributed by atoms with van der Waals surface area (Å²) >= 11 is 0. The number of halogens is 2. The lowest BCUT2D eigenvalue weighted by Crippen LogP contribution is -2.51. The van der Waals surface area contributed by atoms with Crippen molar-refractivity contribution < 1.29 is 4.79 Å². The van der Waals surface area contributed by atoms with E-state index in [1.165, 1.54) is 5.56 Å². The fourth-order valence-corrected chi connectivity index (χ4v) is 2.84. The second-order valence-corrected chi connectivity index (χ2v) is 5.72. The van der Waals surface area contributed by atoms with Crippen LogP contribution in [-0.4, -0.2) is 43.0 Å². The van der Waals surface area contributed by atoms with Crippen molar-refractivity contribution in [3.8, 4) is 0 Å². The second kappa shape index (κ2) is 9.36. The van der Waals surface area contributed by atoms with Crippen LogP contribution >= 0.6 is 24.8 Å². The van der Waals surface area contributed by atoms with Crippen molar-refractivity contribution in [3.63, 3.8) is 0 Å². The smallest absolute Gasteiger partial charge is 0.241 e. The highest BCUT2D eigenvalue weighted by atomic mass is 35.5. The number of carbonyl (C=O) groups is 1. The normalized spacial score (nSPS) is 16.2. The van der Waals surface area contributed by atoms with Gasteiger partial charge in [-0.05, 0) is 38.8 Å². The molecule has 1 aromatic carbocycles. The Hall–Kier alpha value is -0.810. The van der Waals surface area contributed by atoms with Crippen LogP contribution in [0.15, 0.2) is 12.1 Å². The number of hydrogen-bond acceptors (Lipinski definition) is 3. The van der Waals surface area contributed by atoms with Crippen LogP contribution in [-0.2, 0) is 4.79 Å². The van der Waals surface area contributed by atoms with Gasteiger partial charge in [-0.25, -0.2) is 0 Å². The summed E-state index contributed by atoms with van der Waals surface area (Å²) in [4.78, 5) is 14.7. The zero-order chi connectivity index (χ0) is 14.7. The van der Waals surface area contributed by atoms with Gasteiger partial charge in [-0.15, -0.1) is 24.8 Å². The third kappa shape index (κ3) is 5.13. The number of amides is 1. The number of nitrogens with zero attached hydrogens (tertiary/aromatic N) is 1. The zero-order valence-corrected chi connectivity index (χ0v) is 15.4. The fourth-order valence-electron chi connectivity index (χ4n) is 2.84. The highest BCUT2D eigenvalue weighted by Gasteiger charge is 2.23. The quantitative estimate of drug-likeness (QED) is 0.883. The predicted molar refractivity (Wildman–Crippen MR) is 97.7 cm³/mol. The highest BCUT2D eigenvalue weighted by molar-refractivity contribution is 5.96. The first-order valence-corrected chi connectivity index (χ1v) is 7.32. The van der Waals surface area contributed by atoms with Crippen molar-refractivity contribution >= 4 is 36.4 Å². The van der Waals surface area contributed by atoms with Gasteiger partial charge in [-0.2, -0.15) is 0 Å². The molecule has 0 saturated carbocycles. The van der Waals surface area contributed by atoms with Gasteiger partial charge in [-0.1, -0.05) is 17.7 Å². The molecule has 1 fully saturated rings. The Morgan fingerprint density at radius 2 is 1.64 bits per heavy atom. The summed E-state index contributed by atoms with van der Waals surface area (Å²) in [5.74, 6) is 0.0851. The van der Waals surface area contributed by atoms with Gasteiger partial charge in [0.05, 0.1) is 6.04 Å². The van der Waals surface area contributed by atoms with Gasteiger partial charge >= 0.3 is 0 Å². The summed E-state index contributed by atoms with van der Waals surface area (Å²) in [5.41, 5.74) is 4.45. The van der Waals surface area contributed by atoms with E-state index in [1.54, 1.807) is 0 Å². The molecule has 126 valence electrons. The topological polar surface area (TPSA) is 44.4 Å². The third-order valence-corrected chi connectivity index (χ3v) is 4.00. The first-order valence-electron chi connectivity index (χ1n) is 7.32. The van der Waals surface area contributed by atoms with Crippen molar-refractivity contribution in [2.75, 3.05) is 31.5 Å². The second-order valence-electron chi connectivity index (χ2n) is 5.72. The van der Waals surface area contributed by atoms with Gasteiger partial charge in [-0.3, -0.25) is 9.69 Å². The molecule has 1 aromatic rings. The van der Waals surface area contributed by atoms with Gasteiger partial charge < -0.3 is 10.6 Å². The number of benzene rings is 1. The molecular formula is C16H27Cl2N3O. The van der Waals surface area contributed by atoms with E-state index in [0.29, 0.717) is 0 Å². The summed E-state index contributed by atoms with van der Waals surface area (Å²) in [7, 11) is 0. The SMILES string of the molecule is Cc1cc(C)c(NC(=O)C(C)N2CCNCC2)c(C)c1.Cl.Cl. The van der Waals surface area contributed by atoms with Crippen LogP contribution in [0.2, 0.25) is 0 Å². The Kier molecular flexibility index (Phi) is 9.01. The number of hydrogen-bond donors (Lipinski definition) is 2.